The molecule has 0 aliphatic heterocycles. The summed E-state index contributed by atoms with van der Waals surface area (Å²) in [6.45, 7) is 0. The van der Waals surface area contributed by atoms with Gasteiger partial charge in [-0.05, 0) is 0 Å². The number of hydrogen-bond donors (Lipinski definition) is 1. The van der Waals surface area contributed by atoms with E-state index in [1.54, 1.807) is 0 Å². The van der Waals surface area contributed by atoms with Crippen LogP contribution < -0.4 is 10.3 Å². The Morgan fingerprint density at radius 3 is 2.17 bits per heavy atom. The van der Waals surface area contributed by atoms with Crippen LogP contribution in [0.1, 0.15) is 11.1 Å². The lowest BCUT2D eigenvalue weighted by atomic mass is 10.1. The minimum absolute atomic E-state index is 0.101. The molecule has 18 heavy (non-hydrogen) atoms. The van der Waals surface area contributed by atoms with Crippen molar-refractivity contribution in [2.24, 2.45) is 0 Å². The van der Waals surface area contributed by atoms with Crippen LogP contribution in [0.25, 0.3) is 0 Å². The Morgan fingerprint density at radius 2 is 1.78 bits per heavy atom. The number of aromatic amines is 1. The van der Waals surface area contributed by atoms with E-state index < -0.39 is 35.0 Å². The molecule has 0 aromatic carbocycles. The molecule has 0 saturated carbocycles. The zero-order chi connectivity index (χ0) is 14.1. The summed E-state index contributed by atoms with van der Waals surface area (Å²) in [7, 11) is 0. The Labute approximate surface area is 94.4 Å². The number of aromatic nitrogens is 1. The highest BCUT2D eigenvalue weighted by Gasteiger charge is 2.39. The Hall–Kier alpha value is -2.18. The molecule has 0 fully saturated rings. The summed E-state index contributed by atoms with van der Waals surface area (Å²) < 4.78 is 75.9. The van der Waals surface area contributed by atoms with Crippen LogP contribution in [-0.4, -0.2) is 11.3 Å². The highest BCUT2D eigenvalue weighted by Crippen LogP contribution is 2.34. The molecule has 0 saturated heterocycles. The van der Waals surface area contributed by atoms with Gasteiger partial charge in [-0.3, -0.25) is 4.79 Å². The molecule has 4 nitrogen and oxygen atoms in total. The van der Waals surface area contributed by atoms with Gasteiger partial charge in [0.25, 0.3) is 5.56 Å². The minimum Gasteiger partial charge on any atom is -0.398 e. The highest BCUT2D eigenvalue weighted by molar-refractivity contribution is 5.47. The molecular weight excluding hydrogens is 270 g/mol. The van der Waals surface area contributed by atoms with Crippen molar-refractivity contribution in [2.75, 3.05) is 0 Å². The van der Waals surface area contributed by atoms with Crippen LogP contribution in [0.5, 0.6) is 5.75 Å². The van der Waals surface area contributed by atoms with Crippen LogP contribution in [0.3, 0.4) is 0 Å². The molecular formula is C8H2F6N2O2. The lowest BCUT2D eigenvalue weighted by Crippen LogP contribution is -2.25. The summed E-state index contributed by atoms with van der Waals surface area (Å²) in [5.41, 5.74) is -4.83. The number of nitrogens with one attached hydrogen (secondary N) is 1. The topological polar surface area (TPSA) is 65.9 Å². The van der Waals surface area contributed by atoms with Crippen LogP contribution in [-0.2, 0) is 6.18 Å². The van der Waals surface area contributed by atoms with Gasteiger partial charge in [0.2, 0.25) is 5.75 Å². The molecule has 0 bridgehead atoms. The average molecular weight is 272 g/mol. The second-order valence-electron chi connectivity index (χ2n) is 2.89. The van der Waals surface area contributed by atoms with Gasteiger partial charge >= 0.3 is 12.5 Å². The van der Waals surface area contributed by atoms with Crippen molar-refractivity contribution in [1.82, 2.24) is 4.98 Å². The van der Waals surface area contributed by atoms with E-state index in [9.17, 15) is 31.1 Å². The highest BCUT2D eigenvalue weighted by atomic mass is 19.4. The van der Waals surface area contributed by atoms with Gasteiger partial charge in [0.15, 0.2) is 0 Å². The summed E-state index contributed by atoms with van der Waals surface area (Å²) in [5, 5.41) is 8.43. The number of nitriles is 1. The molecule has 0 radical (unpaired) electrons. The van der Waals surface area contributed by atoms with E-state index in [1.165, 1.54) is 4.98 Å². The molecule has 1 rings (SSSR count). The SMILES string of the molecule is N#Cc1c(C(F)(F)F)c[nH]c(=O)c1OC(F)(F)F. The van der Waals surface area contributed by atoms with Gasteiger partial charge in [-0.25, -0.2) is 0 Å². The van der Waals surface area contributed by atoms with E-state index in [2.05, 4.69) is 4.74 Å². The molecule has 98 valence electrons. The lowest BCUT2D eigenvalue weighted by molar-refractivity contribution is -0.275. The van der Waals surface area contributed by atoms with Crippen molar-refractivity contribution in [3.63, 3.8) is 0 Å². The average Bonchev–Trinajstić information content (AvgIpc) is 2.17. The van der Waals surface area contributed by atoms with E-state index in [4.69, 9.17) is 5.26 Å². The van der Waals surface area contributed by atoms with E-state index in [0.717, 1.165) is 6.07 Å². The number of hydrogen-bond acceptors (Lipinski definition) is 3. The van der Waals surface area contributed by atoms with Gasteiger partial charge in [-0.15, -0.1) is 13.2 Å². The predicted molar refractivity (Wildman–Crippen MR) is 43.5 cm³/mol. The zero-order valence-corrected chi connectivity index (χ0v) is 8.11. The molecule has 0 aliphatic carbocycles. The number of H-pyrrole nitrogens is 1. The van der Waals surface area contributed by atoms with Crippen LogP contribution in [0.4, 0.5) is 26.3 Å². The van der Waals surface area contributed by atoms with Crippen molar-refractivity contribution in [2.45, 2.75) is 12.5 Å². The Bertz CT molecular complexity index is 551. The number of rotatable bonds is 1. The molecule has 1 heterocycles. The van der Waals surface area contributed by atoms with Crippen LogP contribution in [0.15, 0.2) is 11.0 Å². The van der Waals surface area contributed by atoms with Crippen molar-refractivity contribution in [3.05, 3.63) is 27.7 Å². The third-order valence-corrected chi connectivity index (χ3v) is 1.69. The van der Waals surface area contributed by atoms with Crippen LogP contribution >= 0.6 is 0 Å². The summed E-state index contributed by atoms with van der Waals surface area (Å²) >= 11 is 0. The van der Waals surface area contributed by atoms with Gasteiger partial charge in [-0.1, -0.05) is 0 Å². The van der Waals surface area contributed by atoms with Crippen molar-refractivity contribution in [1.29, 1.82) is 5.26 Å². The van der Waals surface area contributed by atoms with E-state index in [0.29, 0.717) is 0 Å². The molecule has 10 heteroatoms. The molecule has 0 spiro atoms. The van der Waals surface area contributed by atoms with Crippen molar-refractivity contribution < 1.29 is 31.1 Å². The first-order chi connectivity index (χ1) is 8.06. The predicted octanol–water partition coefficient (Wildman–Crippen LogP) is 2.16. The third-order valence-electron chi connectivity index (χ3n) is 1.69. The first-order valence-electron chi connectivity index (χ1n) is 4.05. The number of pyridine rings is 1. The second-order valence-corrected chi connectivity index (χ2v) is 2.89. The second kappa shape index (κ2) is 4.25. The maximum atomic E-state index is 12.4. The monoisotopic (exact) mass is 272 g/mol. The summed E-state index contributed by atoms with van der Waals surface area (Å²) in [5.74, 6) is -1.74. The summed E-state index contributed by atoms with van der Waals surface area (Å²) in [6.07, 6.45) is -10.4. The van der Waals surface area contributed by atoms with Gasteiger partial charge in [0.1, 0.15) is 11.6 Å². The normalized spacial score (nSPS) is 12.1. The third kappa shape index (κ3) is 2.93. The minimum atomic E-state index is -5.39. The molecule has 0 unspecified atom stereocenters. The Morgan fingerprint density at radius 1 is 1.22 bits per heavy atom. The molecule has 1 N–H and O–H groups in total. The van der Waals surface area contributed by atoms with Gasteiger partial charge in [0.05, 0.1) is 5.56 Å². The quantitative estimate of drug-likeness (QED) is 0.796. The Kier molecular flexibility index (Phi) is 3.27. The molecule has 1 aromatic rings. The smallest absolute Gasteiger partial charge is 0.398 e. The number of halogens is 6. The molecule has 0 amide bonds. The summed E-state index contributed by atoms with van der Waals surface area (Å²) in [6, 6.07) is 0.869. The first kappa shape index (κ1) is 13.9. The lowest BCUT2D eigenvalue weighted by Gasteiger charge is -2.13. The van der Waals surface area contributed by atoms with E-state index in [-0.39, 0.29) is 6.20 Å². The number of ether oxygens (including phenoxy) is 1. The van der Waals surface area contributed by atoms with Crippen LogP contribution in [0.2, 0.25) is 0 Å². The van der Waals surface area contributed by atoms with Crippen LogP contribution in [0, 0.1) is 11.3 Å². The van der Waals surface area contributed by atoms with Gasteiger partial charge in [-0.2, -0.15) is 18.4 Å². The Balaban J connectivity index is 3.52. The van der Waals surface area contributed by atoms with E-state index in [1.807, 2.05) is 0 Å². The summed E-state index contributed by atoms with van der Waals surface area (Å²) in [4.78, 5) is 12.4. The molecule has 0 atom stereocenters. The standard InChI is InChI=1S/C8H2F6N2O2/c9-7(10,11)4-2-16-6(17)5(3(4)1-15)18-8(12,13)14/h2H,(H,16,17). The van der Waals surface area contributed by atoms with Crippen molar-refractivity contribution >= 4 is 0 Å². The number of nitrogens with zero attached hydrogens (tertiary/aromatic N) is 1. The maximum Gasteiger partial charge on any atom is 0.573 e. The van der Waals surface area contributed by atoms with Crippen molar-refractivity contribution in [3.8, 4) is 11.8 Å². The first-order valence-corrected chi connectivity index (χ1v) is 4.05. The van der Waals surface area contributed by atoms with Gasteiger partial charge < -0.3 is 9.72 Å². The molecule has 1 aromatic heterocycles. The fraction of sp³-hybridized carbons (Fsp3) is 0.250. The fourth-order valence-electron chi connectivity index (χ4n) is 1.06. The van der Waals surface area contributed by atoms with Gasteiger partial charge in [0, 0.05) is 6.20 Å². The number of alkyl halides is 6. The maximum absolute atomic E-state index is 12.4. The largest absolute Gasteiger partial charge is 0.573 e. The zero-order valence-electron chi connectivity index (χ0n) is 8.11. The fourth-order valence-corrected chi connectivity index (χ4v) is 1.06. The molecule has 0 aliphatic rings. The van der Waals surface area contributed by atoms with E-state index >= 15 is 0 Å².